The van der Waals surface area contributed by atoms with Gasteiger partial charge in [0, 0.05) is 54.7 Å². The van der Waals surface area contributed by atoms with E-state index in [2.05, 4.69) is 10.3 Å². The van der Waals surface area contributed by atoms with E-state index >= 15 is 0 Å². The van der Waals surface area contributed by atoms with Gasteiger partial charge < -0.3 is 20.7 Å². The molecule has 8 heteroatoms. The van der Waals surface area contributed by atoms with Crippen LogP contribution >= 0.6 is 11.6 Å². The molecule has 0 spiro atoms. The Morgan fingerprint density at radius 1 is 1.09 bits per heavy atom. The number of ether oxygens (including phenoxy) is 1. The fraction of sp³-hybridized carbons (Fsp3) is 0.519. The number of nitrogens with zero attached hydrogens (tertiary/aromatic N) is 2. The Morgan fingerprint density at radius 3 is 2.60 bits per heavy atom. The predicted octanol–water partition coefficient (Wildman–Crippen LogP) is 5.29. The van der Waals surface area contributed by atoms with Gasteiger partial charge in [-0.3, -0.25) is 14.6 Å². The number of nitrogens with two attached hydrogens (primary N) is 1. The summed E-state index contributed by atoms with van der Waals surface area (Å²) in [5, 5.41) is 3.75. The number of rotatable bonds is 14. The molecule has 2 aromatic rings. The number of pyridine rings is 1. The van der Waals surface area contributed by atoms with Crippen molar-refractivity contribution in [2.45, 2.75) is 57.8 Å². The van der Waals surface area contributed by atoms with Crippen LogP contribution in [-0.2, 0) is 4.79 Å². The Labute approximate surface area is 213 Å². The highest BCUT2D eigenvalue weighted by molar-refractivity contribution is 6.31. The van der Waals surface area contributed by atoms with Crippen molar-refractivity contribution in [3.63, 3.8) is 0 Å². The molecule has 2 amide bonds. The zero-order valence-electron chi connectivity index (χ0n) is 20.4. The lowest BCUT2D eigenvalue weighted by Crippen LogP contribution is -2.37. The number of primary amides is 1. The molecular formula is C27H37ClN4O3. The van der Waals surface area contributed by atoms with E-state index in [9.17, 15) is 9.59 Å². The summed E-state index contributed by atoms with van der Waals surface area (Å²) in [6.45, 7) is 2.46. The van der Waals surface area contributed by atoms with Crippen molar-refractivity contribution in [2.24, 2.45) is 11.7 Å². The largest absolute Gasteiger partial charge is 0.492 e. The number of amides is 2. The SMILES string of the molecule is NC(=O)CCCCCN(CC1CCCCC1)C(=O)c1cc(Cl)cc(OCCNc2ccncc2)c1. The van der Waals surface area contributed by atoms with Gasteiger partial charge >= 0.3 is 0 Å². The second kappa shape index (κ2) is 14.6. The van der Waals surface area contributed by atoms with Gasteiger partial charge in [-0.15, -0.1) is 0 Å². The molecule has 0 saturated heterocycles. The zero-order chi connectivity index (χ0) is 24.9. The average Bonchev–Trinajstić information content (AvgIpc) is 2.86. The molecule has 0 bridgehead atoms. The molecule has 1 aromatic carbocycles. The molecule has 0 unspecified atom stereocenters. The van der Waals surface area contributed by atoms with Crippen molar-refractivity contribution in [2.75, 3.05) is 31.6 Å². The minimum Gasteiger partial charge on any atom is -0.492 e. The molecule has 35 heavy (non-hydrogen) atoms. The highest BCUT2D eigenvalue weighted by Gasteiger charge is 2.22. The van der Waals surface area contributed by atoms with Crippen molar-refractivity contribution < 1.29 is 14.3 Å². The second-order valence-corrected chi connectivity index (χ2v) is 9.66. The minimum atomic E-state index is -0.275. The van der Waals surface area contributed by atoms with E-state index in [1.54, 1.807) is 30.6 Å². The lowest BCUT2D eigenvalue weighted by Gasteiger charge is -2.30. The van der Waals surface area contributed by atoms with Crippen molar-refractivity contribution >= 4 is 29.1 Å². The number of halogens is 1. The summed E-state index contributed by atoms with van der Waals surface area (Å²) in [6, 6.07) is 9.02. The first-order chi connectivity index (χ1) is 17.0. The Balaban J connectivity index is 1.59. The molecule has 7 nitrogen and oxygen atoms in total. The Morgan fingerprint density at radius 2 is 1.86 bits per heavy atom. The lowest BCUT2D eigenvalue weighted by atomic mass is 9.88. The van der Waals surface area contributed by atoms with Gasteiger partial charge in [0.15, 0.2) is 0 Å². The summed E-state index contributed by atoms with van der Waals surface area (Å²) < 4.78 is 5.89. The Bertz CT molecular complexity index is 935. The number of carbonyl (C=O) groups is 2. The molecule has 1 fully saturated rings. The fourth-order valence-electron chi connectivity index (χ4n) is 4.52. The number of aromatic nitrogens is 1. The summed E-state index contributed by atoms with van der Waals surface area (Å²) in [7, 11) is 0. The van der Waals surface area contributed by atoms with Crippen LogP contribution in [0.2, 0.25) is 5.02 Å². The number of carbonyl (C=O) groups excluding carboxylic acids is 2. The molecule has 0 radical (unpaired) electrons. The molecular weight excluding hydrogens is 464 g/mol. The summed E-state index contributed by atoms with van der Waals surface area (Å²) in [5.41, 5.74) is 6.77. The Kier molecular flexibility index (Phi) is 11.2. The van der Waals surface area contributed by atoms with Gasteiger partial charge in [-0.05, 0) is 61.9 Å². The van der Waals surface area contributed by atoms with E-state index in [0.29, 0.717) is 48.4 Å². The van der Waals surface area contributed by atoms with E-state index < -0.39 is 0 Å². The first-order valence-corrected chi connectivity index (χ1v) is 13.0. The molecule has 3 rings (SSSR count). The van der Waals surface area contributed by atoms with Crippen molar-refractivity contribution in [1.82, 2.24) is 9.88 Å². The molecule has 0 atom stereocenters. The molecule has 1 saturated carbocycles. The van der Waals surface area contributed by atoms with Crippen molar-refractivity contribution in [1.29, 1.82) is 0 Å². The van der Waals surface area contributed by atoms with Gasteiger partial charge in [0.1, 0.15) is 12.4 Å². The van der Waals surface area contributed by atoms with Crippen molar-refractivity contribution in [3.8, 4) is 5.75 Å². The average molecular weight is 501 g/mol. The third-order valence-corrected chi connectivity index (χ3v) is 6.56. The van der Waals surface area contributed by atoms with Crippen LogP contribution in [0.1, 0.15) is 68.1 Å². The van der Waals surface area contributed by atoms with Crippen LogP contribution in [-0.4, -0.2) is 47.9 Å². The van der Waals surface area contributed by atoms with Gasteiger partial charge in [0.25, 0.3) is 5.91 Å². The molecule has 3 N–H and O–H groups in total. The van der Waals surface area contributed by atoms with Crippen LogP contribution in [0.15, 0.2) is 42.7 Å². The molecule has 1 heterocycles. The second-order valence-electron chi connectivity index (χ2n) is 9.22. The smallest absolute Gasteiger partial charge is 0.254 e. The number of hydrogen-bond donors (Lipinski definition) is 2. The number of hydrogen-bond acceptors (Lipinski definition) is 5. The van der Waals surface area contributed by atoms with Crippen LogP contribution in [0, 0.1) is 5.92 Å². The minimum absolute atomic E-state index is 0.0206. The normalized spacial score (nSPS) is 13.9. The fourth-order valence-corrected chi connectivity index (χ4v) is 4.75. The zero-order valence-corrected chi connectivity index (χ0v) is 21.1. The van der Waals surface area contributed by atoms with Gasteiger partial charge in [0.2, 0.25) is 5.91 Å². The van der Waals surface area contributed by atoms with Gasteiger partial charge in [-0.2, -0.15) is 0 Å². The predicted molar refractivity (Wildman–Crippen MR) is 140 cm³/mol. The maximum atomic E-state index is 13.5. The highest BCUT2D eigenvalue weighted by Crippen LogP contribution is 2.27. The summed E-state index contributed by atoms with van der Waals surface area (Å²) in [5.74, 6) is 0.819. The summed E-state index contributed by atoms with van der Waals surface area (Å²) in [6.07, 6.45) is 12.4. The number of unbranched alkanes of at least 4 members (excludes halogenated alkanes) is 2. The van der Waals surface area contributed by atoms with Gasteiger partial charge in [-0.25, -0.2) is 0 Å². The molecule has 1 aliphatic carbocycles. The van der Waals surface area contributed by atoms with Gasteiger partial charge in [-0.1, -0.05) is 37.3 Å². The third-order valence-electron chi connectivity index (χ3n) is 6.34. The maximum absolute atomic E-state index is 13.5. The third kappa shape index (κ3) is 9.76. The standard InChI is InChI=1S/C27H37ClN4O3/c28-23-17-22(18-25(19-23)35-16-14-31-24-10-12-30-13-11-24)27(34)32(15-6-2-5-9-26(29)33)20-21-7-3-1-4-8-21/h10-13,17-19,21H,1-9,14-16,20H2,(H2,29,33)(H,30,31). The van der Waals surface area contributed by atoms with Crippen LogP contribution in [0.3, 0.4) is 0 Å². The maximum Gasteiger partial charge on any atom is 0.254 e. The Hall–Kier alpha value is -2.80. The number of nitrogens with one attached hydrogen (secondary N) is 1. The van der Waals surface area contributed by atoms with E-state index in [0.717, 1.165) is 31.5 Å². The van der Waals surface area contributed by atoms with Crippen LogP contribution in [0.5, 0.6) is 5.75 Å². The summed E-state index contributed by atoms with van der Waals surface area (Å²) >= 11 is 6.36. The molecule has 1 aliphatic rings. The topological polar surface area (TPSA) is 97.6 Å². The number of anilines is 1. The monoisotopic (exact) mass is 500 g/mol. The lowest BCUT2D eigenvalue weighted by molar-refractivity contribution is -0.118. The van der Waals surface area contributed by atoms with E-state index in [1.165, 1.54) is 32.1 Å². The van der Waals surface area contributed by atoms with E-state index in [-0.39, 0.29) is 11.8 Å². The van der Waals surface area contributed by atoms with Gasteiger partial charge in [0.05, 0.1) is 0 Å². The quantitative estimate of drug-likeness (QED) is 0.343. The molecule has 1 aromatic heterocycles. The van der Waals surface area contributed by atoms with Crippen LogP contribution in [0.4, 0.5) is 5.69 Å². The van der Waals surface area contributed by atoms with E-state index in [4.69, 9.17) is 22.1 Å². The number of benzene rings is 1. The first-order valence-electron chi connectivity index (χ1n) is 12.7. The van der Waals surface area contributed by atoms with Crippen LogP contribution < -0.4 is 15.8 Å². The van der Waals surface area contributed by atoms with Crippen molar-refractivity contribution in [3.05, 3.63) is 53.3 Å². The molecule has 0 aliphatic heterocycles. The van der Waals surface area contributed by atoms with E-state index in [1.807, 2.05) is 17.0 Å². The first kappa shape index (κ1) is 26.8. The highest BCUT2D eigenvalue weighted by atomic mass is 35.5. The molecule has 190 valence electrons. The van der Waals surface area contributed by atoms with Crippen LogP contribution in [0.25, 0.3) is 0 Å². The summed E-state index contributed by atoms with van der Waals surface area (Å²) in [4.78, 5) is 30.5.